The van der Waals surface area contributed by atoms with E-state index in [0.717, 1.165) is 39.8 Å². The van der Waals surface area contributed by atoms with Gasteiger partial charge in [-0.25, -0.2) is 0 Å². The van der Waals surface area contributed by atoms with Gasteiger partial charge in [-0.05, 0) is 179 Å². The van der Waals surface area contributed by atoms with Gasteiger partial charge in [0.1, 0.15) is 0 Å². The monoisotopic (exact) mass is 901 g/mol. The van der Waals surface area contributed by atoms with Crippen molar-refractivity contribution in [2.24, 2.45) is 0 Å². The van der Waals surface area contributed by atoms with Crippen molar-refractivity contribution in [3.63, 3.8) is 0 Å². The Bertz CT molecular complexity index is 3710. The van der Waals surface area contributed by atoms with Gasteiger partial charge in [-0.2, -0.15) is 0 Å². The Labute approximate surface area is 412 Å². The van der Waals surface area contributed by atoms with Crippen molar-refractivity contribution >= 4 is 55.9 Å². The molecule has 0 saturated heterocycles. The molecule has 1 aromatic heterocycles. The molecule has 0 unspecified atom stereocenters. The highest BCUT2D eigenvalue weighted by atomic mass is 15.2. The molecule has 1 heterocycles. The van der Waals surface area contributed by atoms with Crippen molar-refractivity contribution in [3.05, 3.63) is 258 Å². The SMILES string of the molecule is Cc1cccc(C)c1-c1ccc(N(c2ccccc2)c2ccc3c(c2)C(C)(C)c2cc(N(c4ccccc4)c4ccc(-c5c(C)cccc5C)cc4)c4c(c2-3)c2ccccc2n4-c2ccccc2)cc1. The molecule has 1 aliphatic rings. The fourth-order valence-corrected chi connectivity index (χ4v) is 11.6. The van der Waals surface area contributed by atoms with Gasteiger partial charge in [0.15, 0.2) is 0 Å². The molecule has 12 rings (SSSR count). The van der Waals surface area contributed by atoms with E-state index in [-0.39, 0.29) is 5.41 Å². The van der Waals surface area contributed by atoms with Crippen LogP contribution in [0.25, 0.3) is 60.9 Å². The zero-order valence-electron chi connectivity index (χ0n) is 40.7. The van der Waals surface area contributed by atoms with Crippen LogP contribution in [-0.4, -0.2) is 4.57 Å². The number of aryl methyl sites for hydroxylation is 4. The van der Waals surface area contributed by atoms with Crippen LogP contribution >= 0.6 is 0 Å². The molecular weight excluding hydrogens is 847 g/mol. The van der Waals surface area contributed by atoms with Gasteiger partial charge in [0.25, 0.3) is 0 Å². The first-order valence-electron chi connectivity index (χ1n) is 24.5. The third-order valence-electron chi connectivity index (χ3n) is 14.9. The Kier molecular flexibility index (Phi) is 10.4. The van der Waals surface area contributed by atoms with Crippen molar-refractivity contribution in [2.75, 3.05) is 9.80 Å². The predicted octanol–water partition coefficient (Wildman–Crippen LogP) is 18.6. The van der Waals surface area contributed by atoms with Gasteiger partial charge in [0.05, 0.1) is 16.7 Å². The van der Waals surface area contributed by atoms with E-state index < -0.39 is 0 Å². The van der Waals surface area contributed by atoms with Gasteiger partial charge < -0.3 is 14.4 Å². The minimum Gasteiger partial charge on any atom is -0.310 e. The number of anilines is 6. The van der Waals surface area contributed by atoms with Gasteiger partial charge in [-0.15, -0.1) is 0 Å². The summed E-state index contributed by atoms with van der Waals surface area (Å²) in [4.78, 5) is 4.90. The number of fused-ring (bicyclic) bond motifs is 7. The summed E-state index contributed by atoms with van der Waals surface area (Å²) in [7, 11) is 0. The van der Waals surface area contributed by atoms with E-state index >= 15 is 0 Å². The average Bonchev–Trinajstić information content (AvgIpc) is 3.84. The number of hydrogen-bond donors (Lipinski definition) is 0. The lowest BCUT2D eigenvalue weighted by Crippen LogP contribution is -2.18. The van der Waals surface area contributed by atoms with Crippen LogP contribution in [0.5, 0.6) is 0 Å². The Morgan fingerprint density at radius 3 is 1.39 bits per heavy atom. The van der Waals surface area contributed by atoms with E-state index in [4.69, 9.17) is 0 Å². The molecule has 11 aromatic rings. The first-order chi connectivity index (χ1) is 34.2. The van der Waals surface area contributed by atoms with E-state index in [9.17, 15) is 0 Å². The molecule has 0 saturated carbocycles. The number of nitrogens with zero attached hydrogens (tertiary/aromatic N) is 3. The van der Waals surface area contributed by atoms with Crippen LogP contribution in [0.15, 0.2) is 224 Å². The molecule has 0 fully saturated rings. The largest absolute Gasteiger partial charge is 0.310 e. The number of aromatic nitrogens is 1. The molecule has 3 heteroatoms. The molecule has 0 N–H and O–H groups in total. The summed E-state index contributed by atoms with van der Waals surface area (Å²) >= 11 is 0. The van der Waals surface area contributed by atoms with Crippen molar-refractivity contribution in [1.29, 1.82) is 0 Å². The summed E-state index contributed by atoms with van der Waals surface area (Å²) in [5.74, 6) is 0. The second kappa shape index (κ2) is 17.0. The predicted molar refractivity (Wildman–Crippen MR) is 298 cm³/mol. The molecule has 70 heavy (non-hydrogen) atoms. The van der Waals surface area contributed by atoms with E-state index in [1.165, 1.54) is 88.6 Å². The minimum absolute atomic E-state index is 0.358. The summed E-state index contributed by atoms with van der Waals surface area (Å²) in [5.41, 5.74) is 25.2. The smallest absolute Gasteiger partial charge is 0.0788 e. The molecule has 0 amide bonds. The third kappa shape index (κ3) is 6.95. The Balaban J connectivity index is 1.09. The van der Waals surface area contributed by atoms with Gasteiger partial charge in [0, 0.05) is 50.3 Å². The lowest BCUT2D eigenvalue weighted by molar-refractivity contribution is 0.661. The fourth-order valence-electron chi connectivity index (χ4n) is 11.6. The second-order valence-corrected chi connectivity index (χ2v) is 19.6. The first-order valence-corrected chi connectivity index (χ1v) is 24.5. The maximum absolute atomic E-state index is 2.52. The van der Waals surface area contributed by atoms with Gasteiger partial charge >= 0.3 is 0 Å². The maximum Gasteiger partial charge on any atom is 0.0788 e. The zero-order chi connectivity index (χ0) is 47.7. The van der Waals surface area contributed by atoms with Crippen LogP contribution in [0.1, 0.15) is 47.2 Å². The molecule has 0 aliphatic heterocycles. The molecule has 0 radical (unpaired) electrons. The van der Waals surface area contributed by atoms with Crippen LogP contribution in [0.4, 0.5) is 34.1 Å². The summed E-state index contributed by atoms with van der Waals surface area (Å²) in [6.07, 6.45) is 0. The first kappa shape index (κ1) is 42.9. The lowest BCUT2D eigenvalue weighted by atomic mass is 9.81. The molecule has 338 valence electrons. The second-order valence-electron chi connectivity index (χ2n) is 19.6. The summed E-state index contributed by atoms with van der Waals surface area (Å²) in [6.45, 7) is 13.7. The van der Waals surface area contributed by atoms with E-state index in [2.05, 4.69) is 280 Å². The minimum atomic E-state index is -0.358. The summed E-state index contributed by atoms with van der Waals surface area (Å²) < 4.78 is 2.50. The molecular formula is C67H55N3. The lowest BCUT2D eigenvalue weighted by Gasteiger charge is -2.30. The van der Waals surface area contributed by atoms with Crippen LogP contribution < -0.4 is 9.80 Å². The van der Waals surface area contributed by atoms with Gasteiger partial charge in [0.2, 0.25) is 0 Å². The highest BCUT2D eigenvalue weighted by molar-refractivity contribution is 6.22. The highest BCUT2D eigenvalue weighted by Gasteiger charge is 2.40. The maximum atomic E-state index is 2.52. The number of rotatable bonds is 9. The number of para-hydroxylation sites is 4. The van der Waals surface area contributed by atoms with Crippen LogP contribution in [-0.2, 0) is 5.41 Å². The third-order valence-corrected chi connectivity index (χ3v) is 14.9. The van der Waals surface area contributed by atoms with Crippen LogP contribution in [0, 0.1) is 27.7 Å². The van der Waals surface area contributed by atoms with Crippen molar-refractivity contribution < 1.29 is 0 Å². The van der Waals surface area contributed by atoms with Crippen molar-refractivity contribution in [1.82, 2.24) is 4.57 Å². The van der Waals surface area contributed by atoms with Crippen molar-refractivity contribution in [2.45, 2.75) is 47.0 Å². The molecule has 10 aromatic carbocycles. The zero-order valence-corrected chi connectivity index (χ0v) is 40.7. The molecule has 3 nitrogen and oxygen atoms in total. The van der Waals surface area contributed by atoms with Gasteiger partial charge in [-0.1, -0.05) is 153 Å². The van der Waals surface area contributed by atoms with Crippen LogP contribution in [0.2, 0.25) is 0 Å². The fraction of sp³-hybridized carbons (Fsp3) is 0.104. The molecule has 0 bridgehead atoms. The average molecular weight is 902 g/mol. The molecule has 1 aliphatic carbocycles. The Morgan fingerprint density at radius 2 is 0.829 bits per heavy atom. The van der Waals surface area contributed by atoms with E-state index in [0.29, 0.717) is 0 Å². The number of hydrogen-bond acceptors (Lipinski definition) is 2. The Hall–Kier alpha value is -8.40. The standard InChI is InChI=1S/C67H55N3/c1-44-20-18-21-45(2)62(44)48-32-36-53(37-33-48)68(50-24-10-7-11-25-50)55-40-41-56-58(42-55)67(5,6)59-43-61(66-65(64(56)59)57-30-16-17-31-60(57)70(66)52-28-14-9-15-29-52)69(51-26-12-8-13-27-51)54-38-34-49(35-39-54)63-46(3)22-19-23-47(63)4/h7-43H,1-6H3. The number of benzene rings is 10. The molecule has 0 spiro atoms. The summed E-state index contributed by atoms with van der Waals surface area (Å²) in [5, 5.41) is 2.50. The summed E-state index contributed by atoms with van der Waals surface area (Å²) in [6, 6.07) is 82.8. The van der Waals surface area contributed by atoms with Crippen molar-refractivity contribution in [3.8, 4) is 39.1 Å². The van der Waals surface area contributed by atoms with Gasteiger partial charge in [-0.3, -0.25) is 0 Å². The Morgan fingerprint density at radius 1 is 0.371 bits per heavy atom. The van der Waals surface area contributed by atoms with E-state index in [1.54, 1.807) is 0 Å². The normalized spacial score (nSPS) is 12.5. The van der Waals surface area contributed by atoms with Crippen LogP contribution in [0.3, 0.4) is 0 Å². The molecule has 0 atom stereocenters. The quantitative estimate of drug-likeness (QED) is 0.143. The topological polar surface area (TPSA) is 11.4 Å². The highest BCUT2D eigenvalue weighted by Crippen LogP contribution is 2.58. The van der Waals surface area contributed by atoms with E-state index in [1.807, 2.05) is 0 Å².